The zero-order valence-corrected chi connectivity index (χ0v) is 8.48. The Hall–Kier alpha value is -2.48. The van der Waals surface area contributed by atoms with Crippen LogP contribution in [0.15, 0.2) is 18.2 Å². The fourth-order valence-corrected chi connectivity index (χ4v) is 1.07. The van der Waals surface area contributed by atoms with Gasteiger partial charge in [0.1, 0.15) is 5.75 Å². The first-order valence-corrected chi connectivity index (χ1v) is 4.27. The second kappa shape index (κ2) is 4.84. The smallest absolute Gasteiger partial charge is 0.335 e. The molecular weight excluding hydrogens is 210 g/mol. The van der Waals surface area contributed by atoms with E-state index in [2.05, 4.69) is 11.8 Å². The van der Waals surface area contributed by atoms with Gasteiger partial charge >= 0.3 is 5.97 Å². The van der Waals surface area contributed by atoms with Gasteiger partial charge in [-0.3, -0.25) is 4.79 Å². The summed E-state index contributed by atoms with van der Waals surface area (Å²) < 4.78 is 4.96. The molecule has 1 amide bonds. The molecule has 0 saturated carbocycles. The van der Waals surface area contributed by atoms with Crippen molar-refractivity contribution in [2.45, 2.75) is 0 Å². The van der Waals surface area contributed by atoms with Crippen LogP contribution in [-0.2, 0) is 4.79 Å². The molecule has 1 aromatic carbocycles. The van der Waals surface area contributed by atoms with E-state index < -0.39 is 11.9 Å². The van der Waals surface area contributed by atoms with Gasteiger partial charge in [-0.05, 0) is 18.2 Å². The third-order valence-electron chi connectivity index (χ3n) is 1.77. The van der Waals surface area contributed by atoms with Gasteiger partial charge in [0.2, 0.25) is 0 Å². The quantitative estimate of drug-likeness (QED) is 0.697. The van der Waals surface area contributed by atoms with Gasteiger partial charge in [0.15, 0.2) is 0 Å². The predicted octanol–water partition coefficient (Wildman–Crippen LogP) is 0.230. The Bertz CT molecular complexity index is 496. The molecule has 0 aliphatic rings. The molecule has 0 aliphatic carbocycles. The van der Waals surface area contributed by atoms with E-state index in [-0.39, 0.29) is 5.56 Å². The van der Waals surface area contributed by atoms with Crippen LogP contribution in [0.2, 0.25) is 0 Å². The number of carbonyl (C=O) groups excluding carboxylic acids is 1. The summed E-state index contributed by atoms with van der Waals surface area (Å²) in [5.41, 5.74) is 5.23. The lowest BCUT2D eigenvalue weighted by Crippen LogP contribution is -2.06. The number of aromatic carboxylic acids is 1. The molecule has 1 aromatic rings. The average molecular weight is 219 g/mol. The number of ether oxygens (including phenoxy) is 1. The molecule has 0 heterocycles. The van der Waals surface area contributed by atoms with Crippen molar-refractivity contribution in [3.8, 4) is 17.6 Å². The molecule has 82 valence electrons. The normalized spacial score (nSPS) is 8.81. The van der Waals surface area contributed by atoms with E-state index in [0.717, 1.165) is 0 Å². The van der Waals surface area contributed by atoms with Crippen LogP contribution in [0.5, 0.6) is 5.75 Å². The van der Waals surface area contributed by atoms with Crippen molar-refractivity contribution in [1.82, 2.24) is 0 Å². The minimum Gasteiger partial charge on any atom is -0.495 e. The Morgan fingerprint density at radius 2 is 2.12 bits per heavy atom. The van der Waals surface area contributed by atoms with Gasteiger partial charge in [-0.1, -0.05) is 5.92 Å². The number of rotatable bonds is 2. The maximum atomic E-state index is 10.7. The zero-order chi connectivity index (χ0) is 12.1. The maximum Gasteiger partial charge on any atom is 0.335 e. The molecule has 16 heavy (non-hydrogen) atoms. The maximum absolute atomic E-state index is 10.7. The zero-order valence-electron chi connectivity index (χ0n) is 8.48. The highest BCUT2D eigenvalue weighted by molar-refractivity contribution is 5.93. The van der Waals surface area contributed by atoms with Gasteiger partial charge in [-0.15, -0.1) is 0 Å². The second-order valence-electron chi connectivity index (χ2n) is 2.83. The molecule has 0 unspecified atom stereocenters. The average Bonchev–Trinajstić information content (AvgIpc) is 2.25. The van der Waals surface area contributed by atoms with E-state index in [1.165, 1.54) is 25.3 Å². The third-order valence-corrected chi connectivity index (χ3v) is 1.77. The Kier molecular flexibility index (Phi) is 3.51. The number of carboxylic acids is 1. The Morgan fingerprint density at radius 1 is 1.44 bits per heavy atom. The summed E-state index contributed by atoms with van der Waals surface area (Å²) >= 11 is 0. The summed E-state index contributed by atoms with van der Waals surface area (Å²) in [5.74, 6) is 3.08. The van der Waals surface area contributed by atoms with Gasteiger partial charge in [0, 0.05) is 5.92 Å². The molecule has 0 spiro atoms. The Balaban J connectivity index is 3.24. The van der Waals surface area contributed by atoms with E-state index in [1.807, 2.05) is 0 Å². The number of carbonyl (C=O) groups is 2. The van der Waals surface area contributed by atoms with Crippen molar-refractivity contribution < 1.29 is 19.4 Å². The minimum absolute atomic E-state index is 0.0644. The number of nitrogens with two attached hydrogens (primary N) is 1. The minimum atomic E-state index is -1.08. The van der Waals surface area contributed by atoms with Gasteiger partial charge in [0.25, 0.3) is 5.91 Å². The molecule has 0 aliphatic heterocycles. The number of methoxy groups -OCH3 is 1. The van der Waals surface area contributed by atoms with Crippen molar-refractivity contribution in [3.05, 3.63) is 29.3 Å². The van der Waals surface area contributed by atoms with Crippen molar-refractivity contribution in [1.29, 1.82) is 0 Å². The fraction of sp³-hybridized carbons (Fsp3) is 0.0909. The molecule has 0 atom stereocenters. The van der Waals surface area contributed by atoms with Crippen molar-refractivity contribution >= 4 is 11.9 Å². The number of carboxylic acid groups (broad SMARTS) is 1. The SMILES string of the molecule is COc1ccc(C(=O)O)cc1C#CC(N)=O. The first-order valence-electron chi connectivity index (χ1n) is 4.27. The molecule has 1 rings (SSSR count). The highest BCUT2D eigenvalue weighted by Crippen LogP contribution is 2.18. The lowest BCUT2D eigenvalue weighted by Gasteiger charge is -2.03. The van der Waals surface area contributed by atoms with Crippen LogP contribution < -0.4 is 10.5 Å². The molecule has 5 heteroatoms. The summed E-state index contributed by atoms with van der Waals surface area (Å²) in [6.07, 6.45) is 0. The number of primary amides is 1. The molecule has 0 saturated heterocycles. The number of hydrogen-bond acceptors (Lipinski definition) is 3. The van der Waals surface area contributed by atoms with Gasteiger partial charge in [-0.2, -0.15) is 0 Å². The first kappa shape index (κ1) is 11.6. The van der Waals surface area contributed by atoms with E-state index in [0.29, 0.717) is 11.3 Å². The van der Waals surface area contributed by atoms with Crippen LogP contribution in [0.1, 0.15) is 15.9 Å². The molecule has 3 N–H and O–H groups in total. The second-order valence-corrected chi connectivity index (χ2v) is 2.83. The molecule has 5 nitrogen and oxygen atoms in total. The third kappa shape index (κ3) is 2.75. The van der Waals surface area contributed by atoms with Crippen molar-refractivity contribution in [2.75, 3.05) is 7.11 Å². The summed E-state index contributed by atoms with van der Waals surface area (Å²) in [4.78, 5) is 21.2. The molecule has 0 radical (unpaired) electrons. The number of hydrogen-bond donors (Lipinski definition) is 2. The lowest BCUT2D eigenvalue weighted by molar-refractivity contribution is -0.112. The molecule has 0 bridgehead atoms. The van der Waals surface area contributed by atoms with Crippen LogP contribution in [-0.4, -0.2) is 24.1 Å². The number of amides is 1. The Morgan fingerprint density at radius 3 is 2.62 bits per heavy atom. The van der Waals surface area contributed by atoms with Gasteiger partial charge in [0.05, 0.1) is 18.2 Å². The molecular formula is C11H9NO4. The summed E-state index contributed by atoms with van der Waals surface area (Å²) in [7, 11) is 1.42. The van der Waals surface area contributed by atoms with Gasteiger partial charge in [-0.25, -0.2) is 4.79 Å². The topological polar surface area (TPSA) is 89.6 Å². The predicted molar refractivity (Wildman–Crippen MR) is 56.0 cm³/mol. The summed E-state index contributed by atoms with van der Waals surface area (Å²) in [6.45, 7) is 0. The van der Waals surface area contributed by atoms with Crippen molar-refractivity contribution in [2.24, 2.45) is 5.73 Å². The van der Waals surface area contributed by atoms with Crippen LogP contribution in [0.25, 0.3) is 0 Å². The van der Waals surface area contributed by atoms with E-state index in [9.17, 15) is 9.59 Å². The van der Waals surface area contributed by atoms with Crippen LogP contribution >= 0.6 is 0 Å². The Labute approximate surface area is 91.8 Å². The molecule has 0 aromatic heterocycles. The largest absolute Gasteiger partial charge is 0.495 e. The fourth-order valence-electron chi connectivity index (χ4n) is 1.07. The highest BCUT2D eigenvalue weighted by Gasteiger charge is 2.07. The summed E-state index contributed by atoms with van der Waals surface area (Å²) in [5, 5.41) is 8.77. The van der Waals surface area contributed by atoms with Crippen LogP contribution in [0.3, 0.4) is 0 Å². The van der Waals surface area contributed by atoms with Crippen LogP contribution in [0.4, 0.5) is 0 Å². The highest BCUT2D eigenvalue weighted by atomic mass is 16.5. The van der Waals surface area contributed by atoms with E-state index in [1.54, 1.807) is 0 Å². The van der Waals surface area contributed by atoms with Crippen LogP contribution in [0, 0.1) is 11.8 Å². The molecule has 0 fully saturated rings. The van der Waals surface area contributed by atoms with E-state index in [4.69, 9.17) is 15.6 Å². The van der Waals surface area contributed by atoms with Crippen molar-refractivity contribution in [3.63, 3.8) is 0 Å². The standard InChI is InChI=1S/C11H9NO4/c1-16-9-4-2-8(11(14)15)6-7(9)3-5-10(12)13/h2,4,6H,1H3,(H2,12,13)(H,14,15). The van der Waals surface area contributed by atoms with Gasteiger partial charge < -0.3 is 15.6 Å². The van der Waals surface area contributed by atoms with E-state index >= 15 is 0 Å². The summed E-state index contributed by atoms with van der Waals surface area (Å²) in [6, 6.07) is 4.17. The lowest BCUT2D eigenvalue weighted by atomic mass is 10.1. The monoisotopic (exact) mass is 219 g/mol. The first-order chi connectivity index (χ1) is 7.54. The number of benzene rings is 1.